The molecule has 1 aliphatic rings. The first-order chi connectivity index (χ1) is 11.3. The molecular formula is C16H26N4O3S. The van der Waals surface area contributed by atoms with E-state index in [-0.39, 0.29) is 5.91 Å². The monoisotopic (exact) mass is 354 g/mol. The lowest BCUT2D eigenvalue weighted by atomic mass is 10.1. The summed E-state index contributed by atoms with van der Waals surface area (Å²) in [5, 5.41) is 6.20. The van der Waals surface area contributed by atoms with E-state index in [2.05, 4.69) is 20.3 Å². The molecule has 0 unspecified atom stereocenters. The molecule has 2 rings (SSSR count). The second kappa shape index (κ2) is 8.46. The van der Waals surface area contributed by atoms with Crippen LogP contribution in [0.15, 0.2) is 18.2 Å². The number of benzene rings is 1. The number of amides is 1. The number of rotatable bonds is 7. The third kappa shape index (κ3) is 6.10. The maximum atomic E-state index is 12.2. The van der Waals surface area contributed by atoms with Crippen LogP contribution in [-0.4, -0.2) is 64.7 Å². The van der Waals surface area contributed by atoms with Crippen LogP contribution in [0.3, 0.4) is 0 Å². The van der Waals surface area contributed by atoms with Gasteiger partial charge in [-0.2, -0.15) is 0 Å². The topological polar surface area (TPSA) is 90.5 Å². The van der Waals surface area contributed by atoms with Gasteiger partial charge in [0.2, 0.25) is 10.0 Å². The molecule has 8 heteroatoms. The van der Waals surface area contributed by atoms with Crippen molar-refractivity contribution >= 4 is 21.6 Å². The molecule has 0 radical (unpaired) electrons. The lowest BCUT2D eigenvalue weighted by Gasteiger charge is -2.27. The highest BCUT2D eigenvalue weighted by molar-refractivity contribution is 7.92. The van der Waals surface area contributed by atoms with Gasteiger partial charge in [0.25, 0.3) is 5.91 Å². The van der Waals surface area contributed by atoms with Crippen LogP contribution in [0.25, 0.3) is 0 Å². The molecule has 1 aromatic rings. The van der Waals surface area contributed by atoms with Gasteiger partial charge < -0.3 is 15.5 Å². The molecule has 1 heterocycles. The van der Waals surface area contributed by atoms with Crippen molar-refractivity contribution in [3.63, 3.8) is 0 Å². The van der Waals surface area contributed by atoms with Crippen LogP contribution < -0.4 is 15.4 Å². The van der Waals surface area contributed by atoms with Crippen molar-refractivity contribution in [3.8, 4) is 0 Å². The summed E-state index contributed by atoms with van der Waals surface area (Å²) in [4.78, 5) is 14.6. The summed E-state index contributed by atoms with van der Waals surface area (Å²) in [7, 11) is -3.37. The maximum absolute atomic E-state index is 12.2. The van der Waals surface area contributed by atoms with Crippen molar-refractivity contribution in [1.29, 1.82) is 0 Å². The quantitative estimate of drug-likeness (QED) is 0.617. The summed E-state index contributed by atoms with van der Waals surface area (Å²) in [5.74, 6) is -0.188. The Morgan fingerprint density at radius 1 is 1.29 bits per heavy atom. The molecule has 1 saturated heterocycles. The molecule has 0 saturated carbocycles. The van der Waals surface area contributed by atoms with Gasteiger partial charge >= 0.3 is 0 Å². The standard InChI is InChI=1S/C16H26N4O3S/c1-13-4-5-14(12-15(13)19-24(2,22)23)16(21)18-6-3-9-20-10-7-17-8-11-20/h4-5,12,17,19H,3,6-11H2,1-2H3,(H,18,21). The predicted octanol–water partition coefficient (Wildman–Crippen LogP) is 0.392. The summed E-state index contributed by atoms with van der Waals surface area (Å²) in [6.45, 7) is 7.50. The third-order valence-corrected chi connectivity index (χ3v) is 4.53. The summed E-state index contributed by atoms with van der Waals surface area (Å²) in [5.41, 5.74) is 1.66. The van der Waals surface area contributed by atoms with Crippen LogP contribution >= 0.6 is 0 Å². The molecule has 24 heavy (non-hydrogen) atoms. The zero-order valence-corrected chi connectivity index (χ0v) is 15.1. The highest BCUT2D eigenvalue weighted by Gasteiger charge is 2.11. The minimum atomic E-state index is -3.37. The number of sulfonamides is 1. The average Bonchev–Trinajstić information content (AvgIpc) is 2.53. The van der Waals surface area contributed by atoms with Crippen LogP contribution in [0.4, 0.5) is 5.69 Å². The van der Waals surface area contributed by atoms with Crippen LogP contribution in [0, 0.1) is 6.92 Å². The lowest BCUT2D eigenvalue weighted by Crippen LogP contribution is -2.44. The predicted molar refractivity (Wildman–Crippen MR) is 95.9 cm³/mol. The summed E-state index contributed by atoms with van der Waals surface area (Å²) >= 11 is 0. The van der Waals surface area contributed by atoms with Gasteiger partial charge in [0.15, 0.2) is 0 Å². The Kier molecular flexibility index (Phi) is 6.59. The number of carbonyl (C=O) groups excluding carboxylic acids is 1. The molecule has 0 atom stereocenters. The van der Waals surface area contributed by atoms with Crippen molar-refractivity contribution in [1.82, 2.24) is 15.5 Å². The Morgan fingerprint density at radius 2 is 2.00 bits per heavy atom. The Balaban J connectivity index is 1.84. The van der Waals surface area contributed by atoms with E-state index in [0.717, 1.165) is 51.0 Å². The molecule has 0 aliphatic carbocycles. The van der Waals surface area contributed by atoms with E-state index in [4.69, 9.17) is 0 Å². The number of nitrogens with zero attached hydrogens (tertiary/aromatic N) is 1. The molecule has 0 spiro atoms. The minimum absolute atomic E-state index is 0.188. The molecule has 1 aliphatic heterocycles. The fraction of sp³-hybridized carbons (Fsp3) is 0.562. The van der Waals surface area contributed by atoms with Crippen LogP contribution in [0.5, 0.6) is 0 Å². The summed E-state index contributed by atoms with van der Waals surface area (Å²) < 4.78 is 25.2. The van der Waals surface area contributed by atoms with Crippen molar-refractivity contribution in [2.75, 3.05) is 50.2 Å². The Bertz CT molecular complexity index is 670. The van der Waals surface area contributed by atoms with Crippen molar-refractivity contribution in [3.05, 3.63) is 29.3 Å². The van der Waals surface area contributed by atoms with E-state index in [1.807, 2.05) is 0 Å². The molecule has 0 bridgehead atoms. The second-order valence-electron chi connectivity index (χ2n) is 6.11. The van der Waals surface area contributed by atoms with Gasteiger partial charge in [0.05, 0.1) is 11.9 Å². The van der Waals surface area contributed by atoms with Gasteiger partial charge in [-0.25, -0.2) is 8.42 Å². The second-order valence-corrected chi connectivity index (χ2v) is 7.85. The Morgan fingerprint density at radius 3 is 2.67 bits per heavy atom. The largest absolute Gasteiger partial charge is 0.352 e. The van der Waals surface area contributed by atoms with E-state index >= 15 is 0 Å². The van der Waals surface area contributed by atoms with E-state index in [9.17, 15) is 13.2 Å². The molecule has 134 valence electrons. The van der Waals surface area contributed by atoms with Gasteiger partial charge in [-0.05, 0) is 37.6 Å². The number of nitrogens with one attached hydrogen (secondary N) is 3. The molecule has 7 nitrogen and oxygen atoms in total. The first-order valence-corrected chi connectivity index (χ1v) is 10.0. The van der Waals surface area contributed by atoms with Crippen LogP contribution in [0.2, 0.25) is 0 Å². The first kappa shape index (κ1) is 18.7. The lowest BCUT2D eigenvalue weighted by molar-refractivity contribution is 0.0951. The molecule has 1 amide bonds. The fourth-order valence-electron chi connectivity index (χ4n) is 2.61. The number of piperazine rings is 1. The van der Waals surface area contributed by atoms with Crippen molar-refractivity contribution < 1.29 is 13.2 Å². The van der Waals surface area contributed by atoms with Gasteiger partial charge in [0, 0.05) is 38.3 Å². The minimum Gasteiger partial charge on any atom is -0.352 e. The summed E-state index contributed by atoms with van der Waals surface area (Å²) in [6.07, 6.45) is 1.99. The van der Waals surface area contributed by atoms with E-state index in [1.54, 1.807) is 25.1 Å². The maximum Gasteiger partial charge on any atom is 0.251 e. The van der Waals surface area contributed by atoms with Crippen molar-refractivity contribution in [2.24, 2.45) is 0 Å². The van der Waals surface area contributed by atoms with E-state index in [0.29, 0.717) is 17.8 Å². The molecular weight excluding hydrogens is 328 g/mol. The highest BCUT2D eigenvalue weighted by Crippen LogP contribution is 2.18. The smallest absolute Gasteiger partial charge is 0.251 e. The highest BCUT2D eigenvalue weighted by atomic mass is 32.2. The van der Waals surface area contributed by atoms with Gasteiger partial charge in [-0.3, -0.25) is 9.52 Å². The number of carbonyl (C=O) groups is 1. The summed E-state index contributed by atoms with van der Waals surface area (Å²) in [6, 6.07) is 5.01. The molecule has 1 aromatic carbocycles. The van der Waals surface area contributed by atoms with Crippen molar-refractivity contribution in [2.45, 2.75) is 13.3 Å². The Hall–Kier alpha value is -1.64. The zero-order chi connectivity index (χ0) is 17.6. The number of anilines is 1. The van der Waals surface area contributed by atoms with Crippen LogP contribution in [0.1, 0.15) is 22.3 Å². The first-order valence-electron chi connectivity index (χ1n) is 8.15. The normalized spacial score (nSPS) is 15.9. The number of aryl methyl sites for hydroxylation is 1. The van der Waals surface area contributed by atoms with Crippen LogP contribution in [-0.2, 0) is 10.0 Å². The van der Waals surface area contributed by atoms with Gasteiger partial charge in [-0.1, -0.05) is 6.07 Å². The SMILES string of the molecule is Cc1ccc(C(=O)NCCCN2CCNCC2)cc1NS(C)(=O)=O. The van der Waals surface area contributed by atoms with E-state index in [1.165, 1.54) is 0 Å². The zero-order valence-electron chi connectivity index (χ0n) is 14.3. The Labute approximate surface area is 143 Å². The molecule has 0 aromatic heterocycles. The van der Waals surface area contributed by atoms with Gasteiger partial charge in [-0.15, -0.1) is 0 Å². The number of hydrogen-bond acceptors (Lipinski definition) is 5. The molecule has 3 N–H and O–H groups in total. The van der Waals surface area contributed by atoms with E-state index < -0.39 is 10.0 Å². The fourth-order valence-corrected chi connectivity index (χ4v) is 3.23. The van der Waals surface area contributed by atoms with Gasteiger partial charge in [0.1, 0.15) is 0 Å². The number of hydrogen-bond donors (Lipinski definition) is 3. The third-order valence-electron chi connectivity index (χ3n) is 3.94. The average molecular weight is 354 g/mol. The molecule has 1 fully saturated rings.